The fourth-order valence-corrected chi connectivity index (χ4v) is 2.81. The van der Waals surface area contributed by atoms with Crippen molar-refractivity contribution in [2.75, 3.05) is 44.2 Å². The van der Waals surface area contributed by atoms with Crippen LogP contribution in [0.25, 0.3) is 0 Å². The Kier molecular flexibility index (Phi) is 5.44. The first kappa shape index (κ1) is 15.3. The molecule has 0 aromatic heterocycles. The van der Waals surface area contributed by atoms with Gasteiger partial charge in [0.2, 0.25) is 0 Å². The molecule has 1 aliphatic rings. The molecule has 2 rings (SSSR count). The summed E-state index contributed by atoms with van der Waals surface area (Å²) >= 11 is 0. The standard InChI is InChI=1S/C17H29N3/c1-14(13-18)7-8-19-9-11-20(12-10-19)17-6-4-5-15(2)16(17)3/h4-6,14H,7-13,18H2,1-3H3. The van der Waals surface area contributed by atoms with Gasteiger partial charge in [0.1, 0.15) is 0 Å². The highest BCUT2D eigenvalue weighted by atomic mass is 15.3. The molecule has 20 heavy (non-hydrogen) atoms. The quantitative estimate of drug-likeness (QED) is 0.895. The molecule has 1 fully saturated rings. The Morgan fingerprint density at radius 1 is 1.15 bits per heavy atom. The summed E-state index contributed by atoms with van der Waals surface area (Å²) in [5.41, 5.74) is 9.93. The number of nitrogens with two attached hydrogens (primary N) is 1. The van der Waals surface area contributed by atoms with Gasteiger partial charge in [-0.25, -0.2) is 0 Å². The zero-order valence-electron chi connectivity index (χ0n) is 13.2. The molecule has 0 saturated carbocycles. The van der Waals surface area contributed by atoms with Crippen LogP contribution in [0.2, 0.25) is 0 Å². The van der Waals surface area contributed by atoms with E-state index in [9.17, 15) is 0 Å². The monoisotopic (exact) mass is 275 g/mol. The highest BCUT2D eigenvalue weighted by Crippen LogP contribution is 2.23. The second-order valence-electron chi connectivity index (χ2n) is 6.18. The third kappa shape index (κ3) is 3.74. The van der Waals surface area contributed by atoms with E-state index in [0.29, 0.717) is 5.92 Å². The molecule has 1 aliphatic heterocycles. The Hall–Kier alpha value is -1.06. The van der Waals surface area contributed by atoms with Gasteiger partial charge < -0.3 is 10.6 Å². The maximum absolute atomic E-state index is 5.69. The summed E-state index contributed by atoms with van der Waals surface area (Å²) in [6.07, 6.45) is 1.22. The molecule has 1 saturated heterocycles. The lowest BCUT2D eigenvalue weighted by Crippen LogP contribution is -2.47. The minimum Gasteiger partial charge on any atom is -0.369 e. The number of hydrogen-bond acceptors (Lipinski definition) is 3. The van der Waals surface area contributed by atoms with Gasteiger partial charge >= 0.3 is 0 Å². The Morgan fingerprint density at radius 2 is 1.85 bits per heavy atom. The number of benzene rings is 1. The zero-order valence-corrected chi connectivity index (χ0v) is 13.2. The minimum absolute atomic E-state index is 0.645. The summed E-state index contributed by atoms with van der Waals surface area (Å²) in [6.45, 7) is 13.3. The highest BCUT2D eigenvalue weighted by Gasteiger charge is 2.18. The summed E-state index contributed by atoms with van der Waals surface area (Å²) in [4.78, 5) is 5.11. The maximum atomic E-state index is 5.69. The Labute approximate surface area is 123 Å². The molecule has 1 heterocycles. The molecule has 3 nitrogen and oxygen atoms in total. The van der Waals surface area contributed by atoms with Crippen LogP contribution in [0.15, 0.2) is 18.2 Å². The second kappa shape index (κ2) is 7.09. The van der Waals surface area contributed by atoms with Crippen molar-refractivity contribution in [2.45, 2.75) is 27.2 Å². The van der Waals surface area contributed by atoms with E-state index in [1.807, 2.05) is 0 Å². The van der Waals surface area contributed by atoms with E-state index in [-0.39, 0.29) is 0 Å². The number of aryl methyl sites for hydroxylation is 1. The van der Waals surface area contributed by atoms with Crippen LogP contribution in [-0.2, 0) is 0 Å². The lowest BCUT2D eigenvalue weighted by Gasteiger charge is -2.37. The molecule has 1 unspecified atom stereocenters. The average molecular weight is 275 g/mol. The van der Waals surface area contributed by atoms with E-state index < -0.39 is 0 Å². The summed E-state index contributed by atoms with van der Waals surface area (Å²) < 4.78 is 0. The predicted octanol–water partition coefficient (Wildman–Crippen LogP) is 2.41. The van der Waals surface area contributed by atoms with Crippen LogP contribution in [0.3, 0.4) is 0 Å². The van der Waals surface area contributed by atoms with E-state index in [4.69, 9.17) is 5.73 Å². The van der Waals surface area contributed by atoms with Crippen molar-refractivity contribution in [3.8, 4) is 0 Å². The van der Waals surface area contributed by atoms with E-state index in [0.717, 1.165) is 19.6 Å². The van der Waals surface area contributed by atoms with E-state index in [1.165, 1.54) is 42.9 Å². The second-order valence-corrected chi connectivity index (χ2v) is 6.18. The highest BCUT2D eigenvalue weighted by molar-refractivity contribution is 5.56. The summed E-state index contributed by atoms with van der Waals surface area (Å²) in [5, 5.41) is 0. The van der Waals surface area contributed by atoms with E-state index in [1.54, 1.807) is 0 Å². The van der Waals surface area contributed by atoms with Crippen molar-refractivity contribution in [3.63, 3.8) is 0 Å². The smallest absolute Gasteiger partial charge is 0.0399 e. The van der Waals surface area contributed by atoms with Crippen LogP contribution < -0.4 is 10.6 Å². The molecular formula is C17H29N3. The van der Waals surface area contributed by atoms with Gasteiger partial charge in [0.15, 0.2) is 0 Å². The summed E-state index contributed by atoms with van der Waals surface area (Å²) in [7, 11) is 0. The zero-order chi connectivity index (χ0) is 14.5. The number of anilines is 1. The molecule has 1 aromatic rings. The van der Waals surface area contributed by atoms with Crippen LogP contribution in [0.1, 0.15) is 24.5 Å². The fourth-order valence-electron chi connectivity index (χ4n) is 2.81. The third-order valence-corrected chi connectivity index (χ3v) is 4.63. The maximum Gasteiger partial charge on any atom is 0.0399 e. The molecule has 2 N–H and O–H groups in total. The van der Waals surface area contributed by atoms with Gasteiger partial charge in [-0.1, -0.05) is 19.1 Å². The van der Waals surface area contributed by atoms with Crippen molar-refractivity contribution < 1.29 is 0 Å². The van der Waals surface area contributed by atoms with Gasteiger partial charge in [-0.05, 0) is 56.5 Å². The number of nitrogens with zero attached hydrogens (tertiary/aromatic N) is 2. The van der Waals surface area contributed by atoms with E-state index >= 15 is 0 Å². The predicted molar refractivity (Wildman–Crippen MR) is 87.4 cm³/mol. The van der Waals surface area contributed by atoms with Crippen LogP contribution >= 0.6 is 0 Å². The molecule has 3 heteroatoms. The normalized spacial score (nSPS) is 18.3. The number of rotatable bonds is 5. The Bertz CT molecular complexity index is 422. The van der Waals surface area contributed by atoms with Gasteiger partial charge in [0, 0.05) is 31.9 Å². The number of hydrogen-bond donors (Lipinski definition) is 1. The summed E-state index contributed by atoms with van der Waals surface area (Å²) in [5.74, 6) is 0.645. The first-order chi connectivity index (χ1) is 9.61. The third-order valence-electron chi connectivity index (χ3n) is 4.63. The molecule has 0 radical (unpaired) electrons. The lowest BCUT2D eigenvalue weighted by atomic mass is 10.1. The Morgan fingerprint density at radius 3 is 2.50 bits per heavy atom. The topological polar surface area (TPSA) is 32.5 Å². The van der Waals surface area contributed by atoms with Crippen LogP contribution in [0.5, 0.6) is 0 Å². The van der Waals surface area contributed by atoms with Gasteiger partial charge in [-0.15, -0.1) is 0 Å². The average Bonchev–Trinajstić information content (AvgIpc) is 2.48. The molecule has 0 aliphatic carbocycles. The fraction of sp³-hybridized carbons (Fsp3) is 0.647. The van der Waals surface area contributed by atoms with Crippen molar-refractivity contribution in [1.29, 1.82) is 0 Å². The van der Waals surface area contributed by atoms with Crippen molar-refractivity contribution in [1.82, 2.24) is 4.90 Å². The molecule has 1 aromatic carbocycles. The Balaban J connectivity index is 1.86. The van der Waals surface area contributed by atoms with Gasteiger partial charge in [0.25, 0.3) is 0 Å². The van der Waals surface area contributed by atoms with Crippen molar-refractivity contribution in [2.24, 2.45) is 11.7 Å². The van der Waals surface area contributed by atoms with Gasteiger partial charge in [-0.3, -0.25) is 4.90 Å². The van der Waals surface area contributed by atoms with Gasteiger partial charge in [0.05, 0.1) is 0 Å². The molecule has 0 spiro atoms. The van der Waals surface area contributed by atoms with E-state index in [2.05, 4.69) is 48.8 Å². The SMILES string of the molecule is Cc1cccc(N2CCN(CCC(C)CN)CC2)c1C. The van der Waals surface area contributed by atoms with Gasteiger partial charge in [-0.2, -0.15) is 0 Å². The first-order valence-electron chi connectivity index (χ1n) is 7.85. The van der Waals surface area contributed by atoms with Crippen molar-refractivity contribution >= 4 is 5.69 Å². The molecule has 0 bridgehead atoms. The largest absolute Gasteiger partial charge is 0.369 e. The first-order valence-corrected chi connectivity index (χ1v) is 7.85. The van der Waals surface area contributed by atoms with Crippen LogP contribution in [0.4, 0.5) is 5.69 Å². The molecular weight excluding hydrogens is 246 g/mol. The molecule has 1 atom stereocenters. The number of piperazine rings is 1. The van der Waals surface area contributed by atoms with Crippen LogP contribution in [0, 0.1) is 19.8 Å². The molecule has 112 valence electrons. The summed E-state index contributed by atoms with van der Waals surface area (Å²) in [6, 6.07) is 6.63. The molecule has 0 amide bonds. The minimum atomic E-state index is 0.645. The van der Waals surface area contributed by atoms with Crippen LogP contribution in [-0.4, -0.2) is 44.2 Å². The lowest BCUT2D eigenvalue weighted by molar-refractivity contribution is 0.242. The van der Waals surface area contributed by atoms with Crippen molar-refractivity contribution in [3.05, 3.63) is 29.3 Å².